The second-order valence-electron chi connectivity index (χ2n) is 7.55. The zero-order chi connectivity index (χ0) is 20.1. The molecule has 0 fully saturated rings. The highest BCUT2D eigenvalue weighted by Gasteiger charge is 2.26. The van der Waals surface area contributed by atoms with E-state index in [1.807, 2.05) is 50.2 Å². The molecule has 5 heteroatoms. The van der Waals surface area contributed by atoms with E-state index in [0.29, 0.717) is 32.4 Å². The number of anilines is 2. The van der Waals surface area contributed by atoms with Gasteiger partial charge in [-0.05, 0) is 49.1 Å². The molecule has 3 rings (SSSR count). The summed E-state index contributed by atoms with van der Waals surface area (Å²) in [6.45, 7) is 3.26. The molecule has 1 unspecified atom stereocenters. The fourth-order valence-electron chi connectivity index (χ4n) is 3.60. The molecule has 1 aliphatic rings. The van der Waals surface area contributed by atoms with Crippen LogP contribution in [-0.4, -0.2) is 37.4 Å². The molecule has 2 aromatic carbocycles. The molecule has 0 saturated heterocycles. The lowest BCUT2D eigenvalue weighted by Gasteiger charge is -2.26. The van der Waals surface area contributed by atoms with Crippen LogP contribution in [0.5, 0.6) is 0 Å². The molecular weight excluding hydrogens is 350 g/mol. The molecule has 0 saturated carbocycles. The number of carbonyl (C=O) groups is 2. The maximum atomic E-state index is 12.7. The van der Waals surface area contributed by atoms with E-state index < -0.39 is 0 Å². The molecule has 5 nitrogen and oxygen atoms in total. The van der Waals surface area contributed by atoms with Gasteiger partial charge >= 0.3 is 0 Å². The second kappa shape index (κ2) is 8.91. The Labute approximate surface area is 167 Å². The fourth-order valence-corrected chi connectivity index (χ4v) is 3.60. The van der Waals surface area contributed by atoms with Crippen LogP contribution in [0.4, 0.5) is 11.4 Å². The van der Waals surface area contributed by atoms with Crippen molar-refractivity contribution in [3.63, 3.8) is 0 Å². The van der Waals surface area contributed by atoms with Crippen LogP contribution in [0.25, 0.3) is 0 Å². The maximum Gasteiger partial charge on any atom is 0.227 e. The Hall–Kier alpha value is -2.82. The first-order chi connectivity index (χ1) is 13.5. The third-order valence-electron chi connectivity index (χ3n) is 5.38. The van der Waals surface area contributed by atoms with Gasteiger partial charge in [0.15, 0.2) is 0 Å². The van der Waals surface area contributed by atoms with Crippen molar-refractivity contribution in [3.05, 3.63) is 59.7 Å². The summed E-state index contributed by atoms with van der Waals surface area (Å²) in [5.74, 6) is -0.0170. The van der Waals surface area contributed by atoms with Crippen molar-refractivity contribution in [2.24, 2.45) is 5.92 Å². The average molecular weight is 380 g/mol. The third kappa shape index (κ3) is 4.71. The molecule has 1 N–H and O–H groups in total. The molecule has 2 amide bonds. The predicted molar refractivity (Wildman–Crippen MR) is 113 cm³/mol. The quantitative estimate of drug-likeness (QED) is 0.798. The van der Waals surface area contributed by atoms with Gasteiger partial charge in [-0.1, -0.05) is 30.3 Å². The molecular formula is C23H29N3O2. The Morgan fingerprint density at radius 2 is 1.82 bits per heavy atom. The van der Waals surface area contributed by atoms with E-state index >= 15 is 0 Å². The van der Waals surface area contributed by atoms with Crippen LogP contribution >= 0.6 is 0 Å². The minimum absolute atomic E-state index is 0.0221. The van der Waals surface area contributed by atoms with E-state index in [2.05, 4.69) is 34.5 Å². The summed E-state index contributed by atoms with van der Waals surface area (Å²) in [5, 5.41) is 2.96. The van der Waals surface area contributed by atoms with Gasteiger partial charge in [-0.3, -0.25) is 9.59 Å². The van der Waals surface area contributed by atoms with Gasteiger partial charge in [-0.2, -0.15) is 0 Å². The van der Waals surface area contributed by atoms with Crippen LogP contribution in [0.15, 0.2) is 48.5 Å². The summed E-state index contributed by atoms with van der Waals surface area (Å²) in [6.07, 6.45) is 1.67. The number of hydrogen-bond donors (Lipinski definition) is 1. The Morgan fingerprint density at radius 1 is 1.11 bits per heavy atom. The minimum atomic E-state index is -0.142. The molecule has 1 heterocycles. The summed E-state index contributed by atoms with van der Waals surface area (Å²) in [4.78, 5) is 29.0. The second-order valence-corrected chi connectivity index (χ2v) is 7.55. The maximum absolute atomic E-state index is 12.7. The van der Waals surface area contributed by atoms with Crippen molar-refractivity contribution in [2.75, 3.05) is 30.9 Å². The van der Waals surface area contributed by atoms with Crippen LogP contribution in [0.3, 0.4) is 0 Å². The first-order valence-electron chi connectivity index (χ1n) is 9.90. The van der Waals surface area contributed by atoms with E-state index in [-0.39, 0.29) is 17.7 Å². The van der Waals surface area contributed by atoms with Crippen molar-refractivity contribution < 1.29 is 9.59 Å². The van der Waals surface area contributed by atoms with Gasteiger partial charge in [0.2, 0.25) is 11.8 Å². The Balaban J connectivity index is 1.56. The summed E-state index contributed by atoms with van der Waals surface area (Å²) in [5.41, 5.74) is 4.30. The van der Waals surface area contributed by atoms with Crippen molar-refractivity contribution in [1.29, 1.82) is 0 Å². The topological polar surface area (TPSA) is 52.6 Å². The Morgan fingerprint density at radius 3 is 2.50 bits per heavy atom. The number of amides is 2. The molecule has 148 valence electrons. The zero-order valence-electron chi connectivity index (χ0n) is 16.9. The van der Waals surface area contributed by atoms with E-state index in [9.17, 15) is 9.59 Å². The van der Waals surface area contributed by atoms with Crippen LogP contribution < -0.4 is 10.2 Å². The molecule has 0 aromatic heterocycles. The summed E-state index contributed by atoms with van der Waals surface area (Å²) < 4.78 is 0. The van der Waals surface area contributed by atoms with Gasteiger partial charge in [0.05, 0.1) is 0 Å². The minimum Gasteiger partial charge on any atom is -0.378 e. The van der Waals surface area contributed by atoms with Gasteiger partial charge in [-0.15, -0.1) is 0 Å². The molecule has 1 aliphatic heterocycles. The van der Waals surface area contributed by atoms with Crippen molar-refractivity contribution in [1.82, 2.24) is 4.90 Å². The SMILES string of the molecule is CCN(Cc1ccc(N(C)C)cc1)C(=O)CCC1Cc2ccccc2NC1=O. The first-order valence-corrected chi connectivity index (χ1v) is 9.90. The molecule has 0 spiro atoms. The van der Waals surface area contributed by atoms with Crippen LogP contribution in [0.1, 0.15) is 30.9 Å². The molecule has 2 aromatic rings. The number of nitrogens with one attached hydrogen (secondary N) is 1. The lowest BCUT2D eigenvalue weighted by atomic mass is 9.89. The van der Waals surface area contributed by atoms with Crippen LogP contribution in [0, 0.1) is 5.92 Å². The van der Waals surface area contributed by atoms with Gasteiger partial charge in [0.25, 0.3) is 0 Å². The van der Waals surface area contributed by atoms with Crippen molar-refractivity contribution in [2.45, 2.75) is 32.7 Å². The average Bonchev–Trinajstić information content (AvgIpc) is 2.70. The lowest BCUT2D eigenvalue weighted by molar-refractivity contribution is -0.132. The van der Waals surface area contributed by atoms with Crippen molar-refractivity contribution >= 4 is 23.2 Å². The summed E-state index contributed by atoms with van der Waals surface area (Å²) in [6, 6.07) is 16.1. The standard InChI is InChI=1S/C23H29N3O2/c1-4-26(16-17-9-12-20(13-10-17)25(2)3)22(27)14-11-19-15-18-7-5-6-8-21(18)24-23(19)28/h5-10,12-13,19H,4,11,14-16H2,1-3H3,(H,24,28). The first kappa shape index (κ1) is 19.9. The van der Waals surface area contributed by atoms with E-state index in [1.54, 1.807) is 0 Å². The normalized spacial score (nSPS) is 15.5. The van der Waals surface area contributed by atoms with Crippen LogP contribution in [0.2, 0.25) is 0 Å². The number of hydrogen-bond acceptors (Lipinski definition) is 3. The predicted octanol–water partition coefficient (Wildman–Crippen LogP) is 3.69. The molecule has 28 heavy (non-hydrogen) atoms. The molecule has 1 atom stereocenters. The van der Waals surface area contributed by atoms with Gasteiger partial charge < -0.3 is 15.1 Å². The molecule has 0 aliphatic carbocycles. The number of nitrogens with zero attached hydrogens (tertiary/aromatic N) is 2. The smallest absolute Gasteiger partial charge is 0.227 e. The fraction of sp³-hybridized carbons (Fsp3) is 0.391. The number of rotatable bonds is 7. The zero-order valence-corrected chi connectivity index (χ0v) is 16.9. The summed E-state index contributed by atoms with van der Waals surface area (Å²) in [7, 11) is 4.02. The Bertz CT molecular complexity index is 830. The largest absolute Gasteiger partial charge is 0.378 e. The number of benzene rings is 2. The molecule has 0 radical (unpaired) electrons. The number of para-hydroxylation sites is 1. The van der Waals surface area contributed by atoms with Gasteiger partial charge in [-0.25, -0.2) is 0 Å². The van der Waals surface area contributed by atoms with Crippen molar-refractivity contribution in [3.8, 4) is 0 Å². The van der Waals surface area contributed by atoms with Gasteiger partial charge in [0, 0.05) is 50.9 Å². The summed E-state index contributed by atoms with van der Waals surface area (Å²) >= 11 is 0. The van der Waals surface area contributed by atoms with Gasteiger partial charge in [0.1, 0.15) is 0 Å². The van der Waals surface area contributed by atoms with E-state index in [1.165, 1.54) is 0 Å². The van der Waals surface area contributed by atoms with E-state index in [4.69, 9.17) is 0 Å². The third-order valence-corrected chi connectivity index (χ3v) is 5.38. The lowest BCUT2D eigenvalue weighted by Crippen LogP contribution is -2.33. The van der Waals surface area contributed by atoms with E-state index in [0.717, 1.165) is 22.5 Å². The van der Waals surface area contributed by atoms with Crippen LogP contribution in [-0.2, 0) is 22.6 Å². The highest BCUT2D eigenvalue weighted by Crippen LogP contribution is 2.27. The monoisotopic (exact) mass is 379 g/mol. The molecule has 0 bridgehead atoms. The highest BCUT2D eigenvalue weighted by molar-refractivity contribution is 5.96. The number of carbonyl (C=O) groups excluding carboxylic acids is 2. The Kier molecular flexibility index (Phi) is 6.34. The number of fused-ring (bicyclic) bond motifs is 1. The highest BCUT2D eigenvalue weighted by atomic mass is 16.2.